The second kappa shape index (κ2) is 9.98. The summed E-state index contributed by atoms with van der Waals surface area (Å²) in [6.07, 6.45) is 5.06. The minimum Gasteiger partial charge on any atom is -0.458 e. The zero-order valence-electron chi connectivity index (χ0n) is 21.3. The Bertz CT molecular complexity index is 1380. The topological polar surface area (TPSA) is 89.4 Å². The molecule has 0 bridgehead atoms. The number of aromatic nitrogens is 3. The van der Waals surface area contributed by atoms with Crippen molar-refractivity contribution in [1.82, 2.24) is 14.8 Å². The Labute approximate surface area is 223 Å². The summed E-state index contributed by atoms with van der Waals surface area (Å²) < 4.78 is 35.4. The van der Waals surface area contributed by atoms with Crippen molar-refractivity contribution in [2.75, 3.05) is 16.8 Å². The molecule has 8 nitrogen and oxygen atoms in total. The van der Waals surface area contributed by atoms with E-state index in [9.17, 15) is 18.4 Å². The summed E-state index contributed by atoms with van der Waals surface area (Å²) in [6.45, 7) is 5.60. The molecule has 0 spiro atoms. The molecule has 1 N–H and O–H groups in total. The molecule has 2 aromatic heterocycles. The van der Waals surface area contributed by atoms with Gasteiger partial charge in [0.2, 0.25) is 0 Å². The smallest absolute Gasteiger partial charge is 0.329 e. The lowest BCUT2D eigenvalue weighted by atomic mass is 10.1. The number of nitrogens with zero attached hydrogens (tertiary/aromatic N) is 4. The molecule has 1 saturated carbocycles. The third-order valence-corrected chi connectivity index (χ3v) is 6.84. The lowest BCUT2D eigenvalue weighted by Gasteiger charge is -2.29. The lowest BCUT2D eigenvalue weighted by molar-refractivity contribution is -0.156. The number of benzene rings is 1. The van der Waals surface area contributed by atoms with Gasteiger partial charge in [-0.15, -0.1) is 0 Å². The van der Waals surface area contributed by atoms with Gasteiger partial charge in [-0.1, -0.05) is 17.7 Å². The molecular formula is C27H28ClF2N5O3. The summed E-state index contributed by atoms with van der Waals surface area (Å²) in [4.78, 5) is 32.1. The van der Waals surface area contributed by atoms with Crippen molar-refractivity contribution in [3.8, 4) is 0 Å². The fourth-order valence-electron chi connectivity index (χ4n) is 4.55. The highest BCUT2D eigenvalue weighted by Gasteiger charge is 2.39. The Kier molecular flexibility index (Phi) is 6.85. The Morgan fingerprint density at radius 1 is 1.24 bits per heavy atom. The third-order valence-electron chi connectivity index (χ3n) is 6.55. The molecule has 1 aliphatic heterocycles. The first-order valence-corrected chi connectivity index (χ1v) is 12.8. The van der Waals surface area contributed by atoms with Gasteiger partial charge in [-0.2, -0.15) is 5.10 Å². The molecular weight excluding hydrogens is 516 g/mol. The second-order valence-corrected chi connectivity index (χ2v) is 11.0. The predicted molar refractivity (Wildman–Crippen MR) is 138 cm³/mol. The first-order valence-electron chi connectivity index (χ1n) is 12.5. The lowest BCUT2D eigenvalue weighted by Crippen LogP contribution is -2.39. The number of rotatable bonds is 7. The number of carbonyl (C=O) groups excluding carboxylic acids is 2. The quantitative estimate of drug-likeness (QED) is 0.422. The maximum absolute atomic E-state index is 14.2. The van der Waals surface area contributed by atoms with Crippen LogP contribution >= 0.6 is 11.6 Å². The molecule has 1 atom stereocenters. The molecule has 0 radical (unpaired) electrons. The summed E-state index contributed by atoms with van der Waals surface area (Å²) in [5.74, 6) is -1.48. The molecule has 200 valence electrons. The molecule has 38 heavy (non-hydrogen) atoms. The summed E-state index contributed by atoms with van der Waals surface area (Å²) in [7, 11) is 0. The predicted octanol–water partition coefficient (Wildman–Crippen LogP) is 4.99. The Balaban J connectivity index is 1.37. The summed E-state index contributed by atoms with van der Waals surface area (Å²) in [5.41, 5.74) is 0.629. The number of pyridine rings is 1. The van der Waals surface area contributed by atoms with Crippen LogP contribution in [0, 0.1) is 17.6 Å². The van der Waals surface area contributed by atoms with Gasteiger partial charge in [-0.05, 0) is 51.7 Å². The van der Waals surface area contributed by atoms with Crippen LogP contribution in [0.2, 0.25) is 5.02 Å². The fourth-order valence-corrected chi connectivity index (χ4v) is 4.76. The van der Waals surface area contributed by atoms with Gasteiger partial charge < -0.3 is 15.0 Å². The van der Waals surface area contributed by atoms with Crippen molar-refractivity contribution in [3.05, 3.63) is 70.1 Å². The number of amides is 1. The Hall–Kier alpha value is -3.53. The average molecular weight is 544 g/mol. The number of hydrogen-bond acceptors (Lipinski definition) is 6. The van der Waals surface area contributed by atoms with E-state index in [4.69, 9.17) is 16.3 Å². The molecule has 0 unspecified atom stereocenters. The van der Waals surface area contributed by atoms with E-state index < -0.39 is 23.3 Å². The van der Waals surface area contributed by atoms with Gasteiger partial charge in [-0.25, -0.2) is 18.6 Å². The number of halogens is 3. The third kappa shape index (κ3) is 5.36. The molecule has 3 heterocycles. The number of fused-ring (bicyclic) bond motifs is 1. The molecule has 0 saturated heterocycles. The fraction of sp³-hybridized carbons (Fsp3) is 0.407. The zero-order chi connectivity index (χ0) is 27.2. The normalized spacial score (nSPS) is 16.3. The summed E-state index contributed by atoms with van der Waals surface area (Å²) in [6, 6.07) is 4.76. The Morgan fingerprint density at radius 3 is 2.61 bits per heavy atom. The van der Waals surface area contributed by atoms with Gasteiger partial charge in [0.1, 0.15) is 29.1 Å². The Morgan fingerprint density at radius 2 is 1.95 bits per heavy atom. The number of nitrogens with one attached hydrogen (secondary N) is 1. The number of ether oxygens (including phenoxy) is 1. The maximum Gasteiger partial charge on any atom is 0.329 e. The summed E-state index contributed by atoms with van der Waals surface area (Å²) in [5, 5.41) is 7.68. The zero-order valence-corrected chi connectivity index (χ0v) is 22.1. The van der Waals surface area contributed by atoms with Gasteiger partial charge in [0.25, 0.3) is 5.91 Å². The first kappa shape index (κ1) is 26.1. The largest absolute Gasteiger partial charge is 0.458 e. The molecule has 1 amide bonds. The average Bonchev–Trinajstić information content (AvgIpc) is 3.60. The molecule has 11 heteroatoms. The van der Waals surface area contributed by atoms with E-state index in [0.717, 1.165) is 12.8 Å². The van der Waals surface area contributed by atoms with Crippen LogP contribution in [0.5, 0.6) is 0 Å². The maximum atomic E-state index is 14.2. The number of hydrogen-bond donors (Lipinski definition) is 1. The number of esters is 1. The van der Waals surface area contributed by atoms with Crippen LogP contribution in [0.25, 0.3) is 0 Å². The summed E-state index contributed by atoms with van der Waals surface area (Å²) >= 11 is 6.45. The minimum atomic E-state index is -0.669. The van der Waals surface area contributed by atoms with Gasteiger partial charge in [0.05, 0.1) is 40.9 Å². The van der Waals surface area contributed by atoms with Crippen molar-refractivity contribution in [2.45, 2.75) is 58.2 Å². The van der Waals surface area contributed by atoms with Crippen molar-refractivity contribution in [3.63, 3.8) is 0 Å². The van der Waals surface area contributed by atoms with Crippen LogP contribution in [0.3, 0.4) is 0 Å². The number of anilines is 2. The van der Waals surface area contributed by atoms with Crippen molar-refractivity contribution < 1.29 is 23.1 Å². The van der Waals surface area contributed by atoms with Crippen LogP contribution in [0.1, 0.15) is 55.2 Å². The van der Waals surface area contributed by atoms with E-state index in [1.165, 1.54) is 40.2 Å². The van der Waals surface area contributed by atoms with Crippen molar-refractivity contribution in [2.24, 2.45) is 5.92 Å². The minimum absolute atomic E-state index is 0.114. The van der Waals surface area contributed by atoms with E-state index in [1.807, 2.05) is 20.8 Å². The SMILES string of the molecule is CC(C)(C)OC(=O)[C@H](Nc1cc(N2CCc3c(cnn3Cc3c(F)cccc3F)C2=O)c(Cl)cn1)C1CC1. The van der Waals surface area contributed by atoms with E-state index in [-0.39, 0.29) is 41.5 Å². The highest BCUT2D eigenvalue weighted by Crippen LogP contribution is 2.37. The van der Waals surface area contributed by atoms with Crippen LogP contribution < -0.4 is 10.2 Å². The molecule has 1 aliphatic carbocycles. The number of carbonyl (C=O) groups is 2. The van der Waals surface area contributed by atoms with E-state index in [0.29, 0.717) is 29.2 Å². The van der Waals surface area contributed by atoms with Gasteiger partial charge in [-0.3, -0.25) is 9.48 Å². The van der Waals surface area contributed by atoms with E-state index >= 15 is 0 Å². The second-order valence-electron chi connectivity index (χ2n) is 10.6. The van der Waals surface area contributed by atoms with Crippen molar-refractivity contribution in [1.29, 1.82) is 0 Å². The molecule has 3 aromatic rings. The first-order chi connectivity index (χ1) is 18.0. The van der Waals surface area contributed by atoms with Crippen LogP contribution in [-0.2, 0) is 22.5 Å². The van der Waals surface area contributed by atoms with Gasteiger partial charge in [0.15, 0.2) is 0 Å². The molecule has 5 rings (SSSR count). The van der Waals surface area contributed by atoms with Gasteiger partial charge in [0, 0.05) is 24.6 Å². The molecule has 1 fully saturated rings. The van der Waals surface area contributed by atoms with E-state index in [1.54, 1.807) is 6.07 Å². The van der Waals surface area contributed by atoms with Crippen molar-refractivity contribution >= 4 is 35.0 Å². The van der Waals surface area contributed by atoms with Crippen LogP contribution in [-0.4, -0.2) is 44.8 Å². The molecule has 2 aliphatic rings. The molecule has 1 aromatic carbocycles. The van der Waals surface area contributed by atoms with Gasteiger partial charge >= 0.3 is 5.97 Å². The highest BCUT2D eigenvalue weighted by atomic mass is 35.5. The highest BCUT2D eigenvalue weighted by molar-refractivity contribution is 6.34. The monoisotopic (exact) mass is 543 g/mol. The van der Waals surface area contributed by atoms with Crippen LogP contribution in [0.4, 0.5) is 20.3 Å². The van der Waals surface area contributed by atoms with E-state index in [2.05, 4.69) is 15.4 Å². The van der Waals surface area contributed by atoms with Crippen LogP contribution in [0.15, 0.2) is 36.7 Å². The standard InChI is InChI=1S/C27H28ClF2N5O3/c1-27(2,3)38-26(37)24(15-7-8-15)33-23-11-22(18(28)13-31-23)34-10-9-21-16(25(34)36)12-32-35(21)14-17-19(29)5-4-6-20(17)30/h4-6,11-13,15,24H,7-10,14H2,1-3H3,(H,31,33)/t24-/m1/s1.